The standard InChI is InChI=1S/C21H26BrFN4O5S/c22-18-14-16(23)5-6-19(18)32-17-7-12-26(13-8-17)33(30,31)15-21(28)27(29)11-2-1-4-20-24-9-3-10-25-20/h3,5-6,9-10,14,17,29H,1-2,4,7-8,11-13,15H2. The van der Waals surface area contributed by atoms with Crippen molar-refractivity contribution in [1.82, 2.24) is 19.3 Å². The summed E-state index contributed by atoms with van der Waals surface area (Å²) >= 11 is 3.25. The number of nitrogens with zero attached hydrogens (tertiary/aromatic N) is 4. The van der Waals surface area contributed by atoms with Gasteiger partial charge in [-0.2, -0.15) is 0 Å². The number of aromatic nitrogens is 2. The molecule has 1 aliphatic heterocycles. The molecule has 0 aliphatic carbocycles. The third-order valence-corrected chi connectivity index (χ3v) is 7.60. The lowest BCUT2D eigenvalue weighted by Gasteiger charge is -2.31. The average molecular weight is 545 g/mol. The molecular weight excluding hydrogens is 519 g/mol. The highest BCUT2D eigenvalue weighted by Gasteiger charge is 2.32. The van der Waals surface area contributed by atoms with Gasteiger partial charge in [0.15, 0.2) is 0 Å². The zero-order chi connectivity index (χ0) is 23.8. The molecule has 0 saturated carbocycles. The van der Waals surface area contributed by atoms with E-state index >= 15 is 0 Å². The lowest BCUT2D eigenvalue weighted by atomic mass is 10.1. The van der Waals surface area contributed by atoms with Crippen LogP contribution < -0.4 is 4.74 Å². The molecular formula is C21H26BrFN4O5S. The predicted molar refractivity (Wildman–Crippen MR) is 122 cm³/mol. The fraction of sp³-hybridized carbons (Fsp3) is 0.476. The number of hydrogen-bond acceptors (Lipinski definition) is 7. The Kier molecular flexibility index (Phi) is 9.12. The number of rotatable bonds is 10. The topological polar surface area (TPSA) is 113 Å². The maximum Gasteiger partial charge on any atom is 0.262 e. The first-order valence-corrected chi connectivity index (χ1v) is 13.0. The zero-order valence-electron chi connectivity index (χ0n) is 17.9. The number of sulfonamides is 1. The van der Waals surface area contributed by atoms with Crippen LogP contribution in [0.1, 0.15) is 31.5 Å². The smallest absolute Gasteiger partial charge is 0.262 e. The number of amides is 1. The number of hydroxylamine groups is 2. The second kappa shape index (κ2) is 11.8. The van der Waals surface area contributed by atoms with E-state index in [-0.39, 0.29) is 31.6 Å². The molecule has 0 atom stereocenters. The van der Waals surface area contributed by atoms with Crippen LogP contribution in [-0.2, 0) is 21.2 Å². The van der Waals surface area contributed by atoms with Gasteiger partial charge in [-0.1, -0.05) is 0 Å². The van der Waals surface area contributed by atoms with E-state index in [0.717, 1.165) is 0 Å². The van der Waals surface area contributed by atoms with Crippen LogP contribution in [0.5, 0.6) is 5.75 Å². The molecule has 33 heavy (non-hydrogen) atoms. The minimum atomic E-state index is -3.86. The van der Waals surface area contributed by atoms with E-state index in [2.05, 4.69) is 25.9 Å². The van der Waals surface area contributed by atoms with E-state index in [9.17, 15) is 22.8 Å². The first-order valence-electron chi connectivity index (χ1n) is 10.6. The third kappa shape index (κ3) is 7.70. The number of unbranched alkanes of at least 4 members (excludes halogenated alkanes) is 1. The minimum absolute atomic E-state index is 0.0314. The monoisotopic (exact) mass is 544 g/mol. The van der Waals surface area contributed by atoms with Crippen molar-refractivity contribution in [2.45, 2.75) is 38.2 Å². The van der Waals surface area contributed by atoms with Crippen LogP contribution in [0.25, 0.3) is 0 Å². The van der Waals surface area contributed by atoms with Gasteiger partial charge in [-0.15, -0.1) is 0 Å². The molecule has 1 saturated heterocycles. The van der Waals surface area contributed by atoms with Gasteiger partial charge < -0.3 is 4.74 Å². The highest BCUT2D eigenvalue weighted by molar-refractivity contribution is 9.10. The SMILES string of the molecule is O=C(CS(=O)(=O)N1CCC(Oc2ccc(F)cc2Br)CC1)N(O)CCCCc1ncccn1. The molecule has 9 nitrogen and oxygen atoms in total. The number of carbonyl (C=O) groups excluding carboxylic acids is 1. The van der Waals surface area contributed by atoms with Crippen molar-refractivity contribution >= 4 is 31.9 Å². The van der Waals surface area contributed by atoms with Gasteiger partial charge in [0.1, 0.15) is 29.2 Å². The second-order valence-electron chi connectivity index (χ2n) is 7.69. The molecule has 1 aromatic heterocycles. The zero-order valence-corrected chi connectivity index (χ0v) is 20.3. The van der Waals surface area contributed by atoms with Crippen LogP contribution in [0.2, 0.25) is 0 Å². The van der Waals surface area contributed by atoms with Crippen molar-refractivity contribution in [3.63, 3.8) is 0 Å². The fourth-order valence-electron chi connectivity index (χ4n) is 3.43. The second-order valence-corrected chi connectivity index (χ2v) is 10.5. The molecule has 12 heteroatoms. The van der Waals surface area contributed by atoms with Gasteiger partial charge in [-0.05, 0) is 65.9 Å². The molecule has 0 spiro atoms. The van der Waals surface area contributed by atoms with Gasteiger partial charge >= 0.3 is 0 Å². The van der Waals surface area contributed by atoms with Gasteiger partial charge in [0.05, 0.1) is 4.47 Å². The summed E-state index contributed by atoms with van der Waals surface area (Å²) in [5.74, 6) is -0.874. The predicted octanol–water partition coefficient (Wildman–Crippen LogP) is 2.79. The summed E-state index contributed by atoms with van der Waals surface area (Å²) < 4.78 is 46.1. The van der Waals surface area contributed by atoms with Crippen molar-refractivity contribution in [2.24, 2.45) is 0 Å². The van der Waals surface area contributed by atoms with Gasteiger partial charge in [-0.25, -0.2) is 32.1 Å². The van der Waals surface area contributed by atoms with E-state index in [1.165, 1.54) is 22.5 Å². The molecule has 2 heterocycles. The summed E-state index contributed by atoms with van der Waals surface area (Å²) in [4.78, 5) is 20.4. The lowest BCUT2D eigenvalue weighted by molar-refractivity contribution is -0.162. The molecule has 1 aromatic carbocycles. The first kappa shape index (κ1) is 25.5. The van der Waals surface area contributed by atoms with Crippen LogP contribution in [0.3, 0.4) is 0 Å². The van der Waals surface area contributed by atoms with Crippen LogP contribution >= 0.6 is 15.9 Å². The van der Waals surface area contributed by atoms with Crippen LogP contribution in [0, 0.1) is 5.82 Å². The number of benzene rings is 1. The summed E-state index contributed by atoms with van der Waals surface area (Å²) in [6.45, 7) is 0.423. The van der Waals surface area contributed by atoms with Gasteiger partial charge in [-0.3, -0.25) is 10.0 Å². The van der Waals surface area contributed by atoms with E-state index < -0.39 is 21.7 Å². The molecule has 0 radical (unpaired) electrons. The number of piperidine rings is 1. The highest BCUT2D eigenvalue weighted by atomic mass is 79.9. The quantitative estimate of drug-likeness (QED) is 0.278. The van der Waals surface area contributed by atoms with Crippen molar-refractivity contribution in [3.8, 4) is 5.75 Å². The maximum atomic E-state index is 13.2. The van der Waals surface area contributed by atoms with Gasteiger partial charge in [0, 0.05) is 38.4 Å². The average Bonchev–Trinajstić information content (AvgIpc) is 2.79. The van der Waals surface area contributed by atoms with Crippen molar-refractivity contribution in [2.75, 3.05) is 25.4 Å². The summed E-state index contributed by atoms with van der Waals surface area (Å²) in [6.07, 6.45) is 5.67. The molecule has 2 aromatic rings. The van der Waals surface area contributed by atoms with E-state index in [1.807, 2.05) is 0 Å². The van der Waals surface area contributed by atoms with Crippen molar-refractivity contribution < 1.29 is 27.5 Å². The Morgan fingerprint density at radius 3 is 2.61 bits per heavy atom. The summed E-state index contributed by atoms with van der Waals surface area (Å²) in [6, 6.07) is 5.83. The van der Waals surface area contributed by atoms with Crippen LogP contribution in [0.15, 0.2) is 41.1 Å². The first-order chi connectivity index (χ1) is 15.7. The Morgan fingerprint density at radius 1 is 1.24 bits per heavy atom. The Labute approximate surface area is 200 Å². The summed E-state index contributed by atoms with van der Waals surface area (Å²) in [5.41, 5.74) is 0. The molecule has 0 bridgehead atoms. The molecule has 1 aliphatic rings. The molecule has 180 valence electrons. The number of carbonyl (C=O) groups is 1. The molecule has 1 fully saturated rings. The van der Waals surface area contributed by atoms with E-state index in [1.54, 1.807) is 18.5 Å². The Bertz CT molecular complexity index is 1040. The van der Waals surface area contributed by atoms with Gasteiger partial charge in [0.25, 0.3) is 5.91 Å². The number of hydrogen-bond donors (Lipinski definition) is 1. The maximum absolute atomic E-state index is 13.2. The molecule has 3 rings (SSSR count). The highest BCUT2D eigenvalue weighted by Crippen LogP contribution is 2.28. The Hall–Kier alpha value is -2.15. The third-order valence-electron chi connectivity index (χ3n) is 5.22. The van der Waals surface area contributed by atoms with Crippen LogP contribution in [-0.4, -0.2) is 70.4 Å². The van der Waals surface area contributed by atoms with Gasteiger partial charge in [0.2, 0.25) is 10.0 Å². The summed E-state index contributed by atoms with van der Waals surface area (Å²) in [7, 11) is -3.86. The number of ether oxygens (including phenoxy) is 1. The normalized spacial score (nSPS) is 15.4. The largest absolute Gasteiger partial charge is 0.489 e. The van der Waals surface area contributed by atoms with E-state index in [4.69, 9.17) is 4.74 Å². The van der Waals surface area contributed by atoms with E-state index in [0.29, 0.717) is 53.2 Å². The Balaban J connectivity index is 1.41. The summed E-state index contributed by atoms with van der Waals surface area (Å²) in [5, 5.41) is 10.4. The Morgan fingerprint density at radius 2 is 1.94 bits per heavy atom. The molecule has 1 N–H and O–H groups in total. The fourth-order valence-corrected chi connectivity index (χ4v) is 5.28. The van der Waals surface area contributed by atoms with Crippen molar-refractivity contribution in [1.29, 1.82) is 0 Å². The molecule has 1 amide bonds. The van der Waals surface area contributed by atoms with Crippen molar-refractivity contribution in [3.05, 3.63) is 52.8 Å². The molecule has 0 unspecified atom stereocenters. The minimum Gasteiger partial charge on any atom is -0.489 e. The van der Waals surface area contributed by atoms with Crippen LogP contribution in [0.4, 0.5) is 4.39 Å². The lowest BCUT2D eigenvalue weighted by Crippen LogP contribution is -2.45. The number of halogens is 2. The number of aryl methyl sites for hydroxylation is 1.